The molecule has 1 rings (SSSR count). The normalized spacial score (nSPS) is 10.2. The van der Waals surface area contributed by atoms with Gasteiger partial charge in [0.15, 0.2) is 0 Å². The number of halogens is 3. The lowest BCUT2D eigenvalue weighted by Gasteiger charge is -2.07. The Labute approximate surface area is 154 Å². The summed E-state index contributed by atoms with van der Waals surface area (Å²) in [5, 5.41) is 3.19. The van der Waals surface area contributed by atoms with Crippen LogP contribution in [-0.4, -0.2) is 16.0 Å². The molecule has 0 saturated carbocycles. The molecule has 0 unspecified atom stereocenters. The second kappa shape index (κ2) is 12.7. The molecule has 1 aromatic carbocycles. The Balaban J connectivity index is 2.77. The van der Waals surface area contributed by atoms with Gasteiger partial charge >= 0.3 is 0 Å². The lowest BCUT2D eigenvalue weighted by molar-refractivity contribution is 0.803. The van der Waals surface area contributed by atoms with Crippen molar-refractivity contribution in [2.45, 2.75) is 44.9 Å². The van der Waals surface area contributed by atoms with Gasteiger partial charge in [-0.2, -0.15) is 0 Å². The van der Waals surface area contributed by atoms with E-state index in [9.17, 15) is 0 Å². The van der Waals surface area contributed by atoms with Crippen LogP contribution < -0.4 is 0 Å². The average molecular weight is 479 g/mol. The topological polar surface area (TPSA) is 0 Å². The summed E-state index contributed by atoms with van der Waals surface area (Å²) in [6.07, 6.45) is 8.03. The first-order valence-electron chi connectivity index (χ1n) is 7.59. The van der Waals surface area contributed by atoms with Crippen LogP contribution in [0.15, 0.2) is 18.2 Å². The number of hydrogen-bond acceptors (Lipinski definition) is 0. The van der Waals surface area contributed by atoms with Gasteiger partial charge in [0, 0.05) is 28.0 Å². The summed E-state index contributed by atoms with van der Waals surface area (Å²) in [5.74, 6) is 6.62. The quantitative estimate of drug-likeness (QED) is 0.223. The van der Waals surface area contributed by atoms with E-state index in [0.717, 1.165) is 41.7 Å². The van der Waals surface area contributed by atoms with Gasteiger partial charge in [0.2, 0.25) is 0 Å². The maximum absolute atomic E-state index is 3.52. The van der Waals surface area contributed by atoms with E-state index in [1.165, 1.54) is 36.0 Å². The molecule has 0 atom stereocenters. The Bertz CT molecular complexity index is 457. The van der Waals surface area contributed by atoms with E-state index < -0.39 is 0 Å². The third kappa shape index (κ3) is 9.06. The average Bonchev–Trinajstić information content (AvgIpc) is 2.50. The number of alkyl halides is 3. The van der Waals surface area contributed by atoms with Crippen LogP contribution in [0.5, 0.6) is 0 Å². The second-order valence-corrected chi connectivity index (χ2v) is 7.45. The van der Waals surface area contributed by atoms with Gasteiger partial charge < -0.3 is 0 Å². The van der Waals surface area contributed by atoms with Crippen LogP contribution in [0.4, 0.5) is 0 Å². The van der Waals surface area contributed by atoms with Gasteiger partial charge in [-0.1, -0.05) is 65.7 Å². The molecule has 0 nitrogen and oxygen atoms in total. The van der Waals surface area contributed by atoms with Gasteiger partial charge in [0.25, 0.3) is 0 Å². The third-order valence-electron chi connectivity index (χ3n) is 3.17. The third-order valence-corrected chi connectivity index (χ3v) is 4.85. The lowest BCUT2D eigenvalue weighted by atomic mass is 9.99. The maximum Gasteiger partial charge on any atom is 0.0250 e. The molecule has 0 aliphatic carbocycles. The summed E-state index contributed by atoms with van der Waals surface area (Å²) in [5.41, 5.74) is 4.05. The van der Waals surface area contributed by atoms with E-state index in [1.54, 1.807) is 0 Å². The molecular formula is C18H23Br3. The Morgan fingerprint density at radius 1 is 0.714 bits per heavy atom. The zero-order chi connectivity index (χ0) is 15.3. The van der Waals surface area contributed by atoms with Crippen LogP contribution >= 0.6 is 47.8 Å². The van der Waals surface area contributed by atoms with Crippen molar-refractivity contribution >= 4 is 47.8 Å². The first kappa shape index (κ1) is 19.3. The molecule has 0 fully saturated rings. The monoisotopic (exact) mass is 476 g/mol. The smallest absolute Gasteiger partial charge is 0.0250 e. The summed E-state index contributed by atoms with van der Waals surface area (Å²) in [7, 11) is 0. The Morgan fingerprint density at radius 2 is 1.33 bits per heavy atom. The molecule has 0 spiro atoms. The molecular weight excluding hydrogens is 456 g/mol. The van der Waals surface area contributed by atoms with Crippen LogP contribution in [-0.2, 0) is 12.8 Å². The minimum absolute atomic E-state index is 0.968. The second-order valence-electron chi connectivity index (χ2n) is 5.07. The summed E-state index contributed by atoms with van der Waals surface area (Å²) in [6.45, 7) is 0. The van der Waals surface area contributed by atoms with Gasteiger partial charge in [0.1, 0.15) is 0 Å². The highest BCUT2D eigenvalue weighted by atomic mass is 79.9. The highest BCUT2D eigenvalue weighted by Crippen LogP contribution is 2.15. The van der Waals surface area contributed by atoms with Crippen molar-refractivity contribution in [1.29, 1.82) is 0 Å². The van der Waals surface area contributed by atoms with Crippen LogP contribution in [0.2, 0.25) is 0 Å². The van der Waals surface area contributed by atoms with Crippen molar-refractivity contribution in [2.24, 2.45) is 0 Å². The number of aryl methyl sites for hydroxylation is 2. The molecule has 0 aliphatic heterocycles. The SMILES string of the molecule is BrCCCC#Cc1cc(CCCBr)cc(CCCCBr)c1. The van der Waals surface area contributed by atoms with Crippen molar-refractivity contribution in [2.75, 3.05) is 16.0 Å². The van der Waals surface area contributed by atoms with Crippen molar-refractivity contribution in [3.8, 4) is 11.8 Å². The Kier molecular flexibility index (Phi) is 11.7. The van der Waals surface area contributed by atoms with Gasteiger partial charge in [0.05, 0.1) is 0 Å². The van der Waals surface area contributed by atoms with Gasteiger partial charge in [-0.3, -0.25) is 0 Å². The molecule has 0 aliphatic rings. The molecule has 0 N–H and O–H groups in total. The zero-order valence-corrected chi connectivity index (χ0v) is 17.2. The van der Waals surface area contributed by atoms with E-state index in [0.29, 0.717) is 0 Å². The summed E-state index contributed by atoms with van der Waals surface area (Å²) in [6, 6.07) is 6.89. The summed E-state index contributed by atoms with van der Waals surface area (Å²) >= 11 is 10.5. The van der Waals surface area contributed by atoms with Crippen LogP contribution in [0.3, 0.4) is 0 Å². The fourth-order valence-electron chi connectivity index (χ4n) is 2.14. The zero-order valence-electron chi connectivity index (χ0n) is 12.4. The Morgan fingerprint density at radius 3 is 1.95 bits per heavy atom. The minimum Gasteiger partial charge on any atom is -0.0979 e. The molecule has 3 heteroatoms. The molecule has 0 radical (unpaired) electrons. The van der Waals surface area contributed by atoms with Crippen molar-refractivity contribution in [3.63, 3.8) is 0 Å². The molecule has 0 bridgehead atoms. The van der Waals surface area contributed by atoms with E-state index in [-0.39, 0.29) is 0 Å². The van der Waals surface area contributed by atoms with E-state index in [1.807, 2.05) is 0 Å². The van der Waals surface area contributed by atoms with E-state index in [4.69, 9.17) is 0 Å². The predicted octanol–water partition coefficient (Wildman–Crippen LogP) is 6.26. The highest BCUT2D eigenvalue weighted by molar-refractivity contribution is 9.09. The number of unbranched alkanes of at least 4 members (excludes halogenated alkanes) is 2. The molecule has 0 saturated heterocycles. The minimum atomic E-state index is 0.968. The van der Waals surface area contributed by atoms with Crippen LogP contribution in [0.25, 0.3) is 0 Å². The molecule has 0 heterocycles. The van der Waals surface area contributed by atoms with Gasteiger partial charge in [-0.25, -0.2) is 0 Å². The summed E-state index contributed by atoms with van der Waals surface area (Å²) < 4.78 is 0. The fourth-order valence-corrected chi connectivity index (χ4v) is 3.10. The highest BCUT2D eigenvalue weighted by Gasteiger charge is 2.01. The van der Waals surface area contributed by atoms with Crippen molar-refractivity contribution < 1.29 is 0 Å². The first-order chi connectivity index (χ1) is 10.3. The van der Waals surface area contributed by atoms with Crippen molar-refractivity contribution in [1.82, 2.24) is 0 Å². The molecule has 0 aromatic heterocycles. The van der Waals surface area contributed by atoms with Gasteiger partial charge in [-0.05, 0) is 61.8 Å². The summed E-state index contributed by atoms with van der Waals surface area (Å²) in [4.78, 5) is 0. The molecule has 21 heavy (non-hydrogen) atoms. The number of benzene rings is 1. The predicted molar refractivity (Wildman–Crippen MR) is 105 cm³/mol. The lowest BCUT2D eigenvalue weighted by Crippen LogP contribution is -1.94. The molecule has 0 amide bonds. The Hall–Kier alpha value is 0.220. The number of rotatable bonds is 9. The fraction of sp³-hybridized carbons (Fsp3) is 0.556. The largest absolute Gasteiger partial charge is 0.0979 e. The first-order valence-corrected chi connectivity index (χ1v) is 11.0. The maximum atomic E-state index is 3.52. The molecule has 116 valence electrons. The van der Waals surface area contributed by atoms with E-state index >= 15 is 0 Å². The van der Waals surface area contributed by atoms with Gasteiger partial charge in [-0.15, -0.1) is 0 Å². The number of hydrogen-bond donors (Lipinski definition) is 0. The van der Waals surface area contributed by atoms with Crippen molar-refractivity contribution in [3.05, 3.63) is 34.9 Å². The van der Waals surface area contributed by atoms with E-state index in [2.05, 4.69) is 77.8 Å². The van der Waals surface area contributed by atoms with Crippen LogP contribution in [0, 0.1) is 11.8 Å². The molecule has 1 aromatic rings. The van der Waals surface area contributed by atoms with Crippen LogP contribution in [0.1, 0.15) is 48.8 Å². The standard InChI is InChI=1S/C18H23Br3/c19-10-4-1-2-7-16-13-17(8-3-5-11-20)15-18(14-16)9-6-12-21/h13-15H,1,3-6,8-12H2.